The highest BCUT2D eigenvalue weighted by Crippen LogP contribution is 2.29. The first-order valence-electron chi connectivity index (χ1n) is 9.03. The molecule has 8 nitrogen and oxygen atoms in total. The number of nitrogens with zero attached hydrogens (tertiary/aromatic N) is 5. The van der Waals surface area contributed by atoms with Crippen molar-refractivity contribution in [2.45, 2.75) is 45.2 Å². The highest BCUT2D eigenvalue weighted by molar-refractivity contribution is 5.76. The molecule has 1 fully saturated rings. The molecule has 1 atom stereocenters. The second-order valence-electron chi connectivity index (χ2n) is 6.61. The van der Waals surface area contributed by atoms with Crippen molar-refractivity contribution in [1.29, 1.82) is 0 Å². The Balaban J connectivity index is 1.63. The number of rotatable bonds is 4. The van der Waals surface area contributed by atoms with E-state index >= 15 is 0 Å². The quantitative estimate of drug-likeness (QED) is 0.770. The molecule has 1 amide bonds. The number of amides is 1. The number of hydrogen-bond acceptors (Lipinski definition) is 4. The number of imidazole rings is 2. The summed E-state index contributed by atoms with van der Waals surface area (Å²) in [7, 11) is 0. The average Bonchev–Trinajstić information content (AvgIpc) is 3.30. The van der Waals surface area contributed by atoms with E-state index in [1.54, 1.807) is 24.7 Å². The fraction of sp³-hybridized carbons (Fsp3) is 0.444. The van der Waals surface area contributed by atoms with Crippen LogP contribution < -0.4 is 5.56 Å². The van der Waals surface area contributed by atoms with Gasteiger partial charge in [0.05, 0.1) is 6.04 Å². The van der Waals surface area contributed by atoms with Crippen molar-refractivity contribution in [3.63, 3.8) is 0 Å². The topological polar surface area (TPSA) is 88.3 Å². The number of nitrogens with one attached hydrogen (secondary N) is 1. The van der Waals surface area contributed by atoms with Crippen LogP contribution in [0.2, 0.25) is 0 Å². The first-order valence-corrected chi connectivity index (χ1v) is 9.03. The van der Waals surface area contributed by atoms with Crippen molar-refractivity contribution in [2.24, 2.45) is 0 Å². The number of hydrogen-bond donors (Lipinski definition) is 1. The third kappa shape index (κ3) is 2.91. The molecule has 3 aromatic heterocycles. The molecular formula is C18H22N6O2. The van der Waals surface area contributed by atoms with Crippen LogP contribution in [0.25, 0.3) is 5.78 Å². The largest absolute Gasteiger partial charge is 0.333 e. The van der Waals surface area contributed by atoms with E-state index in [0.717, 1.165) is 37.2 Å². The van der Waals surface area contributed by atoms with Gasteiger partial charge in [-0.1, -0.05) is 6.92 Å². The highest BCUT2D eigenvalue weighted by Gasteiger charge is 2.29. The SMILES string of the molecule is CCc1nccn1CC(=O)N1CCCCC1c1cc(=O)n2ccnc2[nH]1. The Bertz CT molecular complexity index is 985. The second kappa shape index (κ2) is 6.78. The van der Waals surface area contributed by atoms with Crippen LogP contribution in [0.1, 0.15) is 43.7 Å². The Labute approximate surface area is 150 Å². The number of piperidine rings is 1. The van der Waals surface area contributed by atoms with E-state index in [2.05, 4.69) is 15.0 Å². The predicted octanol–water partition coefficient (Wildman–Crippen LogP) is 1.54. The third-order valence-electron chi connectivity index (χ3n) is 5.02. The van der Waals surface area contributed by atoms with Gasteiger partial charge < -0.3 is 14.5 Å². The molecule has 1 aliphatic rings. The summed E-state index contributed by atoms with van der Waals surface area (Å²) in [5.74, 6) is 1.46. The zero-order valence-corrected chi connectivity index (χ0v) is 14.8. The van der Waals surface area contributed by atoms with E-state index < -0.39 is 0 Å². The Hall–Kier alpha value is -2.90. The Kier molecular flexibility index (Phi) is 4.32. The van der Waals surface area contributed by atoms with Crippen LogP contribution in [0.15, 0.2) is 35.6 Å². The summed E-state index contributed by atoms with van der Waals surface area (Å²) >= 11 is 0. The smallest absolute Gasteiger partial charge is 0.259 e. The fourth-order valence-electron chi connectivity index (χ4n) is 3.71. The number of aromatic nitrogens is 5. The molecule has 0 bridgehead atoms. The van der Waals surface area contributed by atoms with E-state index in [9.17, 15) is 9.59 Å². The van der Waals surface area contributed by atoms with Crippen molar-refractivity contribution >= 4 is 11.7 Å². The van der Waals surface area contributed by atoms with Gasteiger partial charge >= 0.3 is 0 Å². The Morgan fingerprint density at radius 3 is 2.96 bits per heavy atom. The van der Waals surface area contributed by atoms with E-state index in [0.29, 0.717) is 12.3 Å². The van der Waals surface area contributed by atoms with Crippen LogP contribution in [-0.4, -0.2) is 41.3 Å². The van der Waals surface area contributed by atoms with Gasteiger partial charge in [-0.05, 0) is 19.3 Å². The van der Waals surface area contributed by atoms with Gasteiger partial charge in [0.15, 0.2) is 0 Å². The minimum Gasteiger partial charge on any atom is -0.333 e. The Morgan fingerprint density at radius 1 is 1.27 bits per heavy atom. The van der Waals surface area contributed by atoms with Crippen LogP contribution in [0.3, 0.4) is 0 Å². The number of carbonyl (C=O) groups excluding carboxylic acids is 1. The van der Waals surface area contributed by atoms with Gasteiger partial charge in [-0.2, -0.15) is 0 Å². The van der Waals surface area contributed by atoms with E-state index in [-0.39, 0.29) is 24.1 Å². The molecular weight excluding hydrogens is 332 g/mol. The molecule has 8 heteroatoms. The molecule has 136 valence electrons. The number of likely N-dealkylation sites (tertiary alicyclic amines) is 1. The number of carbonyl (C=O) groups is 1. The average molecular weight is 354 g/mol. The molecule has 1 unspecified atom stereocenters. The normalized spacial score (nSPS) is 17.7. The molecule has 0 aliphatic carbocycles. The molecule has 0 radical (unpaired) electrons. The van der Waals surface area contributed by atoms with Gasteiger partial charge in [-0.25, -0.2) is 9.97 Å². The molecule has 26 heavy (non-hydrogen) atoms. The summed E-state index contributed by atoms with van der Waals surface area (Å²) < 4.78 is 3.37. The maximum atomic E-state index is 13.0. The maximum absolute atomic E-state index is 13.0. The summed E-state index contributed by atoms with van der Waals surface area (Å²) in [5.41, 5.74) is 0.621. The first kappa shape index (κ1) is 16.6. The molecule has 1 aliphatic heterocycles. The summed E-state index contributed by atoms with van der Waals surface area (Å²) in [4.78, 5) is 38.9. The number of aromatic amines is 1. The molecule has 0 saturated carbocycles. The van der Waals surface area contributed by atoms with Gasteiger partial charge in [0.25, 0.3) is 5.56 Å². The molecule has 4 rings (SSSR count). The number of fused-ring (bicyclic) bond motifs is 1. The van der Waals surface area contributed by atoms with Gasteiger partial charge in [-0.15, -0.1) is 0 Å². The standard InChI is InChI=1S/C18H22N6O2/c1-2-15-19-6-9-22(15)12-17(26)23-8-4-3-5-14(23)13-11-16(25)24-10-7-20-18(24)21-13/h6-7,9-11,14H,2-5,8,12H2,1H3,(H,20,21). The summed E-state index contributed by atoms with van der Waals surface area (Å²) in [6.07, 6.45) is 10.4. The van der Waals surface area contributed by atoms with Crippen molar-refractivity contribution < 1.29 is 4.79 Å². The molecule has 1 N–H and O–H groups in total. The second-order valence-corrected chi connectivity index (χ2v) is 6.61. The lowest BCUT2D eigenvalue weighted by Gasteiger charge is -2.36. The minimum absolute atomic E-state index is 0.0477. The van der Waals surface area contributed by atoms with E-state index in [1.165, 1.54) is 4.40 Å². The van der Waals surface area contributed by atoms with Crippen molar-refractivity contribution in [1.82, 2.24) is 28.8 Å². The van der Waals surface area contributed by atoms with Gasteiger partial charge in [0.1, 0.15) is 12.4 Å². The predicted molar refractivity (Wildman–Crippen MR) is 95.7 cm³/mol. The highest BCUT2D eigenvalue weighted by atomic mass is 16.2. The summed E-state index contributed by atoms with van der Waals surface area (Å²) in [5, 5.41) is 0. The zero-order chi connectivity index (χ0) is 18.1. The lowest BCUT2D eigenvalue weighted by Crippen LogP contribution is -2.41. The van der Waals surface area contributed by atoms with Crippen molar-refractivity contribution in [2.75, 3.05) is 6.54 Å². The lowest BCUT2D eigenvalue weighted by atomic mass is 9.99. The van der Waals surface area contributed by atoms with Crippen LogP contribution in [0, 0.1) is 0 Å². The number of H-pyrrole nitrogens is 1. The molecule has 0 aromatic carbocycles. The van der Waals surface area contributed by atoms with Crippen LogP contribution in [0.4, 0.5) is 0 Å². The maximum Gasteiger partial charge on any atom is 0.259 e. The number of aryl methyl sites for hydroxylation is 1. The lowest BCUT2D eigenvalue weighted by molar-refractivity contribution is -0.135. The monoisotopic (exact) mass is 354 g/mol. The van der Waals surface area contributed by atoms with Gasteiger partial charge in [-0.3, -0.25) is 14.0 Å². The minimum atomic E-state index is -0.132. The zero-order valence-electron chi connectivity index (χ0n) is 14.8. The van der Waals surface area contributed by atoms with Gasteiger partial charge in [0.2, 0.25) is 11.7 Å². The van der Waals surface area contributed by atoms with Gasteiger partial charge in [0, 0.05) is 49.5 Å². The van der Waals surface area contributed by atoms with Crippen LogP contribution in [-0.2, 0) is 17.8 Å². The van der Waals surface area contributed by atoms with Crippen LogP contribution >= 0.6 is 0 Å². The summed E-state index contributed by atoms with van der Waals surface area (Å²) in [6.45, 7) is 2.99. The molecule has 0 spiro atoms. The van der Waals surface area contributed by atoms with Crippen molar-refractivity contribution in [3.8, 4) is 0 Å². The molecule has 3 aromatic rings. The first-order chi connectivity index (χ1) is 12.7. The Morgan fingerprint density at radius 2 is 2.12 bits per heavy atom. The summed E-state index contributed by atoms with van der Waals surface area (Å²) in [6, 6.07) is 1.46. The van der Waals surface area contributed by atoms with Crippen LogP contribution in [0.5, 0.6) is 0 Å². The van der Waals surface area contributed by atoms with Crippen molar-refractivity contribution in [3.05, 3.63) is 52.7 Å². The fourth-order valence-corrected chi connectivity index (χ4v) is 3.71. The van der Waals surface area contributed by atoms with E-state index in [4.69, 9.17) is 0 Å². The molecule has 1 saturated heterocycles. The van der Waals surface area contributed by atoms with E-state index in [1.807, 2.05) is 22.6 Å². The molecule has 4 heterocycles. The third-order valence-corrected chi connectivity index (χ3v) is 5.02.